The molecule has 1 aromatic heterocycles. The molecule has 1 atom stereocenters. The van der Waals surface area contributed by atoms with Gasteiger partial charge in [0.2, 0.25) is 0 Å². The number of nitrogens with one attached hydrogen (secondary N) is 1. The number of thiazole rings is 1. The number of rotatable bonds is 3. The first-order chi connectivity index (χ1) is 8.47. The maximum atomic E-state index is 13.0. The zero-order valence-electron chi connectivity index (χ0n) is 10.6. The molecular weight excluding hydrogens is 249 g/mol. The number of hydrogen-bond donors (Lipinski definition) is 2. The molecule has 0 aliphatic carbocycles. The highest BCUT2D eigenvalue weighted by atomic mass is 32.1. The molecule has 0 fully saturated rings. The normalized spacial score (nSPS) is 12.4. The van der Waals surface area contributed by atoms with E-state index >= 15 is 0 Å². The SMILES string of the molecule is Cc1nc(C)c(C(C)Nc2ccc(F)cc2N)s1. The van der Waals surface area contributed by atoms with E-state index in [2.05, 4.69) is 10.3 Å². The van der Waals surface area contributed by atoms with Crippen LogP contribution in [0.25, 0.3) is 0 Å². The Bertz CT molecular complexity index is 565. The summed E-state index contributed by atoms with van der Waals surface area (Å²) in [6, 6.07) is 4.48. The number of hydrogen-bond acceptors (Lipinski definition) is 4. The molecule has 0 aliphatic heterocycles. The monoisotopic (exact) mass is 265 g/mol. The van der Waals surface area contributed by atoms with Gasteiger partial charge in [-0.1, -0.05) is 0 Å². The highest BCUT2D eigenvalue weighted by Crippen LogP contribution is 2.29. The third-order valence-electron chi connectivity index (χ3n) is 2.72. The number of benzene rings is 1. The van der Waals surface area contributed by atoms with Crippen LogP contribution in [0.4, 0.5) is 15.8 Å². The summed E-state index contributed by atoms with van der Waals surface area (Å²) in [5, 5.41) is 4.33. The van der Waals surface area contributed by atoms with Crippen LogP contribution in [0.15, 0.2) is 18.2 Å². The van der Waals surface area contributed by atoms with Gasteiger partial charge in [0.1, 0.15) is 5.82 Å². The molecule has 0 spiro atoms. The molecule has 2 aromatic rings. The molecular formula is C13H16FN3S. The van der Waals surface area contributed by atoms with Crippen molar-refractivity contribution < 1.29 is 4.39 Å². The maximum Gasteiger partial charge on any atom is 0.125 e. The van der Waals surface area contributed by atoms with Crippen molar-refractivity contribution in [2.24, 2.45) is 0 Å². The van der Waals surface area contributed by atoms with Crippen molar-refractivity contribution in [1.29, 1.82) is 0 Å². The molecule has 18 heavy (non-hydrogen) atoms. The first kappa shape index (κ1) is 12.8. The van der Waals surface area contributed by atoms with E-state index < -0.39 is 0 Å². The van der Waals surface area contributed by atoms with E-state index in [9.17, 15) is 4.39 Å². The fourth-order valence-corrected chi connectivity index (χ4v) is 2.84. The topological polar surface area (TPSA) is 50.9 Å². The van der Waals surface area contributed by atoms with Crippen LogP contribution in [-0.2, 0) is 0 Å². The largest absolute Gasteiger partial charge is 0.397 e. The lowest BCUT2D eigenvalue weighted by atomic mass is 10.2. The van der Waals surface area contributed by atoms with Crippen molar-refractivity contribution in [3.05, 3.63) is 39.6 Å². The van der Waals surface area contributed by atoms with Crippen LogP contribution in [0.2, 0.25) is 0 Å². The Morgan fingerprint density at radius 3 is 2.67 bits per heavy atom. The van der Waals surface area contributed by atoms with Gasteiger partial charge in [-0.05, 0) is 39.0 Å². The van der Waals surface area contributed by atoms with Crippen LogP contribution < -0.4 is 11.1 Å². The number of nitrogens with zero attached hydrogens (tertiary/aromatic N) is 1. The van der Waals surface area contributed by atoms with Gasteiger partial charge >= 0.3 is 0 Å². The van der Waals surface area contributed by atoms with Gasteiger partial charge in [-0.2, -0.15) is 0 Å². The zero-order valence-corrected chi connectivity index (χ0v) is 11.4. The van der Waals surface area contributed by atoms with Crippen molar-refractivity contribution in [1.82, 2.24) is 4.98 Å². The molecule has 0 aliphatic rings. The van der Waals surface area contributed by atoms with Gasteiger partial charge < -0.3 is 11.1 Å². The smallest absolute Gasteiger partial charge is 0.125 e. The van der Waals surface area contributed by atoms with E-state index in [4.69, 9.17) is 5.73 Å². The predicted octanol–water partition coefficient (Wildman–Crippen LogP) is 3.65. The number of aryl methyl sites for hydroxylation is 2. The summed E-state index contributed by atoms with van der Waals surface area (Å²) in [6.07, 6.45) is 0. The van der Waals surface area contributed by atoms with Gasteiger partial charge in [0, 0.05) is 4.88 Å². The first-order valence-corrected chi connectivity index (χ1v) is 6.54. The lowest BCUT2D eigenvalue weighted by Gasteiger charge is -2.16. The molecule has 3 nitrogen and oxygen atoms in total. The molecule has 5 heteroatoms. The second-order valence-corrected chi connectivity index (χ2v) is 5.51. The quantitative estimate of drug-likeness (QED) is 0.833. The highest BCUT2D eigenvalue weighted by molar-refractivity contribution is 7.11. The van der Waals surface area contributed by atoms with E-state index in [1.807, 2.05) is 20.8 Å². The minimum absolute atomic E-state index is 0.101. The van der Waals surface area contributed by atoms with Crippen LogP contribution in [0, 0.1) is 19.7 Å². The zero-order chi connectivity index (χ0) is 13.3. The molecule has 0 bridgehead atoms. The summed E-state index contributed by atoms with van der Waals surface area (Å²) in [5.41, 5.74) is 7.96. The second-order valence-electron chi connectivity index (χ2n) is 4.28. The molecule has 0 saturated heterocycles. The Hall–Kier alpha value is -1.62. The number of aromatic nitrogens is 1. The van der Waals surface area contributed by atoms with Crippen molar-refractivity contribution in [3.8, 4) is 0 Å². The molecule has 1 heterocycles. The minimum atomic E-state index is -0.324. The summed E-state index contributed by atoms with van der Waals surface area (Å²) in [7, 11) is 0. The fraction of sp³-hybridized carbons (Fsp3) is 0.308. The Morgan fingerprint density at radius 1 is 1.39 bits per heavy atom. The summed E-state index contributed by atoms with van der Waals surface area (Å²) in [5.74, 6) is -0.324. The summed E-state index contributed by atoms with van der Waals surface area (Å²) < 4.78 is 13.0. The second kappa shape index (κ2) is 4.94. The Morgan fingerprint density at radius 2 is 2.11 bits per heavy atom. The molecule has 96 valence electrons. The molecule has 0 amide bonds. The Kier molecular flexibility index (Phi) is 3.52. The number of halogens is 1. The molecule has 2 rings (SSSR count). The van der Waals surface area contributed by atoms with E-state index in [0.29, 0.717) is 5.69 Å². The average molecular weight is 265 g/mol. The van der Waals surface area contributed by atoms with Crippen molar-refractivity contribution in [2.75, 3.05) is 11.1 Å². The number of anilines is 2. The van der Waals surface area contributed by atoms with Gasteiger partial charge in [-0.3, -0.25) is 0 Å². The minimum Gasteiger partial charge on any atom is -0.397 e. The average Bonchev–Trinajstić information content (AvgIpc) is 2.62. The third-order valence-corrected chi connectivity index (χ3v) is 3.97. The van der Waals surface area contributed by atoms with Gasteiger partial charge in [0.15, 0.2) is 0 Å². The van der Waals surface area contributed by atoms with E-state index in [-0.39, 0.29) is 11.9 Å². The highest BCUT2D eigenvalue weighted by Gasteiger charge is 2.13. The number of nitrogen functional groups attached to an aromatic ring is 1. The van der Waals surface area contributed by atoms with Crippen LogP contribution in [-0.4, -0.2) is 4.98 Å². The summed E-state index contributed by atoms with van der Waals surface area (Å²) in [4.78, 5) is 5.57. The Balaban J connectivity index is 2.21. The molecule has 1 aromatic carbocycles. The van der Waals surface area contributed by atoms with Crippen molar-refractivity contribution >= 4 is 22.7 Å². The standard InChI is InChI=1S/C13H16FN3S/c1-7-13(18-9(3)16-7)8(2)17-12-5-4-10(14)6-11(12)15/h4-6,8,17H,15H2,1-3H3. The maximum absolute atomic E-state index is 13.0. The third kappa shape index (κ3) is 2.61. The molecule has 0 saturated carbocycles. The Labute approximate surface area is 110 Å². The van der Waals surface area contributed by atoms with Crippen LogP contribution in [0.3, 0.4) is 0 Å². The molecule has 0 radical (unpaired) electrons. The van der Waals surface area contributed by atoms with E-state index in [1.54, 1.807) is 17.4 Å². The van der Waals surface area contributed by atoms with Gasteiger partial charge in [0.05, 0.1) is 28.1 Å². The van der Waals surface area contributed by atoms with Crippen LogP contribution >= 0.6 is 11.3 Å². The predicted molar refractivity (Wildman–Crippen MR) is 74.4 cm³/mol. The summed E-state index contributed by atoms with van der Waals surface area (Å²) in [6.45, 7) is 6.02. The fourth-order valence-electron chi connectivity index (χ4n) is 1.91. The van der Waals surface area contributed by atoms with Crippen molar-refractivity contribution in [3.63, 3.8) is 0 Å². The molecule has 1 unspecified atom stereocenters. The van der Waals surface area contributed by atoms with Gasteiger partial charge in [-0.25, -0.2) is 9.37 Å². The van der Waals surface area contributed by atoms with Gasteiger partial charge in [-0.15, -0.1) is 11.3 Å². The summed E-state index contributed by atoms with van der Waals surface area (Å²) >= 11 is 1.66. The van der Waals surface area contributed by atoms with Gasteiger partial charge in [0.25, 0.3) is 0 Å². The molecule has 3 N–H and O–H groups in total. The van der Waals surface area contributed by atoms with Crippen LogP contribution in [0.1, 0.15) is 28.5 Å². The van der Waals surface area contributed by atoms with E-state index in [0.717, 1.165) is 16.4 Å². The number of nitrogens with two attached hydrogens (primary N) is 1. The lowest BCUT2D eigenvalue weighted by molar-refractivity contribution is 0.628. The van der Waals surface area contributed by atoms with Crippen molar-refractivity contribution in [2.45, 2.75) is 26.8 Å². The lowest BCUT2D eigenvalue weighted by Crippen LogP contribution is -2.08. The first-order valence-electron chi connectivity index (χ1n) is 5.73. The van der Waals surface area contributed by atoms with E-state index in [1.165, 1.54) is 17.0 Å². The van der Waals surface area contributed by atoms with Crippen LogP contribution in [0.5, 0.6) is 0 Å².